The van der Waals surface area contributed by atoms with Crippen LogP contribution in [0.3, 0.4) is 0 Å². The van der Waals surface area contributed by atoms with E-state index in [0.29, 0.717) is 12.8 Å². The largest absolute Gasteiger partial charge is 0.378 e. The second-order valence-corrected chi connectivity index (χ2v) is 10.6. The maximum Gasteiger partial charge on any atom is 0.240 e. The van der Waals surface area contributed by atoms with Crippen molar-refractivity contribution in [2.45, 2.75) is 26.7 Å². The lowest BCUT2D eigenvalue weighted by Crippen LogP contribution is -2.36. The second kappa shape index (κ2) is 13.1. The van der Waals surface area contributed by atoms with Crippen LogP contribution in [0.15, 0.2) is 58.7 Å². The Balaban J connectivity index is 0.000000161. The number of carbonyl (C=O) groups is 2. The maximum atomic E-state index is 11.3. The standard InChI is InChI=1S/2C15H19N3O2/c2*1-11-10-14(19)16-17-15(11)12-2-4-13(5-3-12)18-6-8-20-9-7-18/h2*2-5,11H,6-10H2,1H3,(H,16,19)/t2*11-/m10/s1. The number of hydrogen-bond acceptors (Lipinski definition) is 8. The molecule has 0 spiro atoms. The summed E-state index contributed by atoms with van der Waals surface area (Å²) in [7, 11) is 0. The molecule has 0 aliphatic carbocycles. The van der Waals surface area contributed by atoms with Crippen molar-refractivity contribution in [3.05, 3.63) is 59.7 Å². The highest BCUT2D eigenvalue weighted by molar-refractivity contribution is 6.06. The third-order valence-corrected chi connectivity index (χ3v) is 7.60. The van der Waals surface area contributed by atoms with Gasteiger partial charge in [-0.15, -0.1) is 0 Å². The number of nitrogens with zero attached hydrogens (tertiary/aromatic N) is 4. The molecule has 0 radical (unpaired) electrons. The summed E-state index contributed by atoms with van der Waals surface area (Å²) in [6.45, 7) is 11.0. The SMILES string of the molecule is C[C@@H]1CC(=O)NN=C1c1ccc(N2CCOCC2)cc1.C[C@H]1CC(=O)NN=C1c1ccc(N2CCOCC2)cc1. The molecule has 4 heterocycles. The average Bonchev–Trinajstić information content (AvgIpc) is 2.99. The van der Waals surface area contributed by atoms with Crippen molar-refractivity contribution in [1.82, 2.24) is 10.9 Å². The van der Waals surface area contributed by atoms with E-state index < -0.39 is 0 Å². The molecule has 2 saturated heterocycles. The number of amides is 2. The summed E-state index contributed by atoms with van der Waals surface area (Å²) < 4.78 is 10.7. The van der Waals surface area contributed by atoms with Gasteiger partial charge in [-0.25, -0.2) is 10.9 Å². The maximum absolute atomic E-state index is 11.3. The van der Waals surface area contributed by atoms with Gasteiger partial charge in [0.1, 0.15) is 0 Å². The fourth-order valence-corrected chi connectivity index (χ4v) is 5.33. The Morgan fingerprint density at radius 1 is 0.625 bits per heavy atom. The molecule has 0 bridgehead atoms. The van der Waals surface area contributed by atoms with E-state index in [0.717, 1.165) is 75.2 Å². The molecule has 2 atom stereocenters. The van der Waals surface area contributed by atoms with Gasteiger partial charge in [-0.05, 0) is 35.4 Å². The lowest BCUT2D eigenvalue weighted by atomic mass is 9.94. The van der Waals surface area contributed by atoms with Gasteiger partial charge in [-0.2, -0.15) is 10.2 Å². The van der Waals surface area contributed by atoms with Crippen molar-refractivity contribution in [3.63, 3.8) is 0 Å². The molecule has 10 nitrogen and oxygen atoms in total. The lowest BCUT2D eigenvalue weighted by Gasteiger charge is -2.29. The van der Waals surface area contributed by atoms with Crippen molar-refractivity contribution in [3.8, 4) is 0 Å². The third kappa shape index (κ3) is 6.86. The van der Waals surface area contributed by atoms with Crippen LogP contribution in [0, 0.1) is 11.8 Å². The second-order valence-electron chi connectivity index (χ2n) is 10.6. The highest BCUT2D eigenvalue weighted by Gasteiger charge is 2.23. The highest BCUT2D eigenvalue weighted by Crippen LogP contribution is 2.22. The number of benzene rings is 2. The predicted molar refractivity (Wildman–Crippen MR) is 156 cm³/mol. The first kappa shape index (κ1) is 27.8. The Kier molecular flexibility index (Phi) is 9.08. The van der Waals surface area contributed by atoms with Crippen LogP contribution in [0.25, 0.3) is 0 Å². The number of anilines is 2. The van der Waals surface area contributed by atoms with E-state index in [4.69, 9.17) is 9.47 Å². The fourth-order valence-electron chi connectivity index (χ4n) is 5.33. The minimum atomic E-state index is -0.00816. The first-order valence-electron chi connectivity index (χ1n) is 14.1. The number of nitrogens with one attached hydrogen (secondary N) is 2. The molecular formula is C30H38N6O4. The van der Waals surface area contributed by atoms with Crippen LogP contribution in [0.1, 0.15) is 37.8 Å². The number of hydrogen-bond donors (Lipinski definition) is 2. The van der Waals surface area contributed by atoms with E-state index in [-0.39, 0.29) is 23.7 Å². The van der Waals surface area contributed by atoms with Crippen molar-refractivity contribution in [2.75, 3.05) is 62.4 Å². The number of hydrazone groups is 2. The van der Waals surface area contributed by atoms with Gasteiger partial charge in [-0.3, -0.25) is 9.59 Å². The third-order valence-electron chi connectivity index (χ3n) is 7.60. The molecule has 6 rings (SSSR count). The number of rotatable bonds is 4. The van der Waals surface area contributed by atoms with Gasteiger partial charge in [0, 0.05) is 62.2 Å². The van der Waals surface area contributed by atoms with Crippen LogP contribution in [-0.4, -0.2) is 75.8 Å². The molecular weight excluding hydrogens is 508 g/mol. The Bertz CT molecular complexity index is 1130. The van der Waals surface area contributed by atoms with Gasteiger partial charge in [0.2, 0.25) is 11.8 Å². The molecule has 212 valence electrons. The topological polar surface area (TPSA) is 108 Å². The van der Waals surface area contributed by atoms with Gasteiger partial charge in [0.15, 0.2) is 0 Å². The summed E-state index contributed by atoms with van der Waals surface area (Å²) in [5.74, 6) is 0.313. The summed E-state index contributed by atoms with van der Waals surface area (Å²) in [5, 5.41) is 8.37. The Hall–Kier alpha value is -3.76. The van der Waals surface area contributed by atoms with Crippen LogP contribution < -0.4 is 20.7 Å². The molecule has 0 aromatic heterocycles. The van der Waals surface area contributed by atoms with Crippen LogP contribution in [0.4, 0.5) is 11.4 Å². The van der Waals surface area contributed by atoms with Crippen molar-refractivity contribution in [2.24, 2.45) is 22.0 Å². The Morgan fingerprint density at radius 3 is 1.30 bits per heavy atom. The summed E-state index contributed by atoms with van der Waals surface area (Å²) in [5.41, 5.74) is 11.6. The molecule has 0 saturated carbocycles. The Morgan fingerprint density at radius 2 is 0.975 bits per heavy atom. The predicted octanol–water partition coefficient (Wildman–Crippen LogP) is 2.77. The highest BCUT2D eigenvalue weighted by atomic mass is 16.5. The molecule has 0 unspecified atom stereocenters. The van der Waals surface area contributed by atoms with E-state index in [1.807, 2.05) is 13.8 Å². The zero-order valence-electron chi connectivity index (χ0n) is 23.3. The van der Waals surface area contributed by atoms with Crippen LogP contribution in [0.2, 0.25) is 0 Å². The molecule has 2 aromatic carbocycles. The van der Waals surface area contributed by atoms with Gasteiger partial charge in [0.25, 0.3) is 0 Å². The van der Waals surface area contributed by atoms with Gasteiger partial charge < -0.3 is 19.3 Å². The first-order valence-corrected chi connectivity index (χ1v) is 14.1. The van der Waals surface area contributed by atoms with E-state index in [2.05, 4.69) is 79.4 Å². The quantitative estimate of drug-likeness (QED) is 0.611. The van der Waals surface area contributed by atoms with Crippen molar-refractivity contribution < 1.29 is 19.1 Å². The average molecular weight is 547 g/mol. The van der Waals surface area contributed by atoms with Crippen LogP contribution in [0.5, 0.6) is 0 Å². The molecule has 2 aromatic rings. The zero-order chi connectivity index (χ0) is 27.9. The lowest BCUT2D eigenvalue weighted by molar-refractivity contribution is -0.122. The fraction of sp³-hybridized carbons (Fsp3) is 0.467. The van der Waals surface area contributed by atoms with Crippen LogP contribution >= 0.6 is 0 Å². The molecule has 10 heteroatoms. The minimum Gasteiger partial charge on any atom is -0.378 e. The number of carbonyl (C=O) groups excluding carboxylic acids is 2. The summed E-state index contributed by atoms with van der Waals surface area (Å²) >= 11 is 0. The van der Waals surface area contributed by atoms with E-state index >= 15 is 0 Å². The molecule has 2 N–H and O–H groups in total. The molecule has 4 aliphatic heterocycles. The zero-order valence-corrected chi connectivity index (χ0v) is 23.3. The van der Waals surface area contributed by atoms with Gasteiger partial charge >= 0.3 is 0 Å². The van der Waals surface area contributed by atoms with Gasteiger partial charge in [-0.1, -0.05) is 38.1 Å². The van der Waals surface area contributed by atoms with Crippen molar-refractivity contribution in [1.29, 1.82) is 0 Å². The summed E-state index contributed by atoms with van der Waals surface area (Å²) in [6.07, 6.45) is 1.01. The normalized spacial score (nSPS) is 23.2. The monoisotopic (exact) mass is 546 g/mol. The molecule has 4 aliphatic rings. The van der Waals surface area contributed by atoms with E-state index in [1.165, 1.54) is 11.4 Å². The van der Waals surface area contributed by atoms with E-state index in [1.54, 1.807) is 0 Å². The van der Waals surface area contributed by atoms with Crippen molar-refractivity contribution >= 4 is 34.6 Å². The molecule has 2 amide bonds. The minimum absolute atomic E-state index is 0.00816. The first-order chi connectivity index (χ1) is 19.5. The van der Waals surface area contributed by atoms with E-state index in [9.17, 15) is 9.59 Å². The summed E-state index contributed by atoms with van der Waals surface area (Å²) in [4.78, 5) is 27.2. The number of morpholine rings is 2. The van der Waals surface area contributed by atoms with Gasteiger partial charge in [0.05, 0.1) is 37.9 Å². The Labute approximate surface area is 235 Å². The van der Waals surface area contributed by atoms with Crippen LogP contribution in [-0.2, 0) is 19.1 Å². The molecule has 2 fully saturated rings. The molecule has 40 heavy (non-hydrogen) atoms. The summed E-state index contributed by atoms with van der Waals surface area (Å²) in [6, 6.07) is 16.8. The smallest absolute Gasteiger partial charge is 0.240 e. The number of ether oxygens (including phenoxy) is 2.